The lowest BCUT2D eigenvalue weighted by Crippen LogP contribution is -2.36. The Balaban J connectivity index is 2.63. The van der Waals surface area contributed by atoms with E-state index >= 15 is 0 Å². The highest BCUT2D eigenvalue weighted by atomic mass is 16.4. The number of anilines is 1. The summed E-state index contributed by atoms with van der Waals surface area (Å²) in [4.78, 5) is 10.8. The number of aromatic nitrogens is 2. The van der Waals surface area contributed by atoms with E-state index in [1.807, 2.05) is 13.8 Å². The topological polar surface area (TPSA) is 120 Å². The molecule has 0 aliphatic carbocycles. The Morgan fingerprint density at radius 3 is 2.67 bits per heavy atom. The Morgan fingerprint density at radius 2 is 2.20 bits per heavy atom. The third-order valence-electron chi connectivity index (χ3n) is 1.70. The molecule has 0 aliphatic rings. The van der Waals surface area contributed by atoms with E-state index in [4.69, 9.17) is 15.9 Å². The number of carbonyl (C=O) groups is 1. The highest BCUT2D eigenvalue weighted by molar-refractivity contribution is 5.75. The van der Waals surface area contributed by atoms with Gasteiger partial charge in [-0.1, -0.05) is 5.10 Å². The standard InChI is InChI=1S/C8H15N5O2/c1-8(2,3-5(10)14)11-7-13-12-6(4-9)15-7/h3-4,9H2,1-2H3,(H2,10,14)(H,11,13). The van der Waals surface area contributed by atoms with Crippen LogP contribution >= 0.6 is 0 Å². The van der Waals surface area contributed by atoms with E-state index in [1.165, 1.54) is 0 Å². The molecule has 0 fully saturated rings. The van der Waals surface area contributed by atoms with Crippen molar-refractivity contribution in [1.29, 1.82) is 0 Å². The molecule has 5 N–H and O–H groups in total. The van der Waals surface area contributed by atoms with E-state index in [-0.39, 0.29) is 19.0 Å². The van der Waals surface area contributed by atoms with Crippen LogP contribution in [0.1, 0.15) is 26.2 Å². The molecule has 0 saturated carbocycles. The van der Waals surface area contributed by atoms with Crippen molar-refractivity contribution >= 4 is 11.9 Å². The van der Waals surface area contributed by atoms with E-state index < -0.39 is 11.4 Å². The maximum Gasteiger partial charge on any atom is 0.315 e. The number of hydrogen-bond acceptors (Lipinski definition) is 6. The molecule has 0 atom stereocenters. The molecule has 1 amide bonds. The van der Waals surface area contributed by atoms with Gasteiger partial charge in [-0.2, -0.15) is 0 Å². The second kappa shape index (κ2) is 4.26. The van der Waals surface area contributed by atoms with Crippen LogP contribution in [-0.4, -0.2) is 21.6 Å². The van der Waals surface area contributed by atoms with Crippen LogP contribution in [0.4, 0.5) is 6.01 Å². The lowest BCUT2D eigenvalue weighted by molar-refractivity contribution is -0.118. The van der Waals surface area contributed by atoms with Gasteiger partial charge in [-0.25, -0.2) is 0 Å². The smallest absolute Gasteiger partial charge is 0.315 e. The summed E-state index contributed by atoms with van der Waals surface area (Å²) >= 11 is 0. The SMILES string of the molecule is CC(C)(CC(N)=O)Nc1nnc(CN)o1. The third kappa shape index (κ3) is 3.55. The highest BCUT2D eigenvalue weighted by Gasteiger charge is 2.22. The summed E-state index contributed by atoms with van der Waals surface area (Å²) in [5, 5.41) is 10.3. The number of amides is 1. The summed E-state index contributed by atoms with van der Waals surface area (Å²) < 4.78 is 5.14. The summed E-state index contributed by atoms with van der Waals surface area (Å²) in [5.74, 6) is -0.0570. The molecule has 7 nitrogen and oxygen atoms in total. The van der Waals surface area contributed by atoms with Gasteiger partial charge in [0.15, 0.2) is 0 Å². The van der Waals surface area contributed by atoms with Gasteiger partial charge >= 0.3 is 6.01 Å². The van der Waals surface area contributed by atoms with E-state index in [1.54, 1.807) is 0 Å². The minimum absolute atomic E-state index is 0.174. The molecule has 84 valence electrons. The molecule has 7 heteroatoms. The minimum atomic E-state index is -0.524. The largest absolute Gasteiger partial charge is 0.407 e. The Labute approximate surface area is 87.2 Å². The number of nitrogens with two attached hydrogens (primary N) is 2. The van der Waals surface area contributed by atoms with Gasteiger partial charge in [-0.05, 0) is 13.8 Å². The lowest BCUT2D eigenvalue weighted by Gasteiger charge is -2.22. The van der Waals surface area contributed by atoms with Crippen molar-refractivity contribution in [1.82, 2.24) is 10.2 Å². The van der Waals surface area contributed by atoms with Crippen molar-refractivity contribution in [3.8, 4) is 0 Å². The van der Waals surface area contributed by atoms with Gasteiger partial charge in [-0.3, -0.25) is 4.79 Å². The molecule has 0 aromatic carbocycles. The molecule has 0 saturated heterocycles. The van der Waals surface area contributed by atoms with Crippen molar-refractivity contribution in [3.63, 3.8) is 0 Å². The van der Waals surface area contributed by atoms with Crippen LogP contribution in [-0.2, 0) is 11.3 Å². The summed E-state index contributed by atoms with van der Waals surface area (Å²) in [6, 6.07) is 0.238. The highest BCUT2D eigenvalue weighted by Crippen LogP contribution is 2.16. The van der Waals surface area contributed by atoms with Crippen LogP contribution in [0.5, 0.6) is 0 Å². The molecule has 0 radical (unpaired) electrons. The van der Waals surface area contributed by atoms with Crippen LogP contribution in [0.2, 0.25) is 0 Å². The zero-order chi connectivity index (χ0) is 11.5. The van der Waals surface area contributed by atoms with Crippen LogP contribution < -0.4 is 16.8 Å². The maximum absolute atomic E-state index is 10.8. The fourth-order valence-corrected chi connectivity index (χ4v) is 1.16. The number of hydrogen-bond donors (Lipinski definition) is 3. The third-order valence-corrected chi connectivity index (χ3v) is 1.70. The van der Waals surface area contributed by atoms with Gasteiger partial charge in [0, 0.05) is 12.0 Å². The van der Waals surface area contributed by atoms with Gasteiger partial charge in [0.05, 0.1) is 6.54 Å². The molecule has 0 unspecified atom stereocenters. The van der Waals surface area contributed by atoms with Crippen molar-refractivity contribution in [3.05, 3.63) is 5.89 Å². The molecular weight excluding hydrogens is 198 g/mol. The molecule has 1 heterocycles. The van der Waals surface area contributed by atoms with Gasteiger partial charge < -0.3 is 21.2 Å². The molecule has 1 rings (SSSR count). The average Bonchev–Trinajstić information content (AvgIpc) is 2.48. The van der Waals surface area contributed by atoms with Crippen LogP contribution in [0.25, 0.3) is 0 Å². The fourth-order valence-electron chi connectivity index (χ4n) is 1.16. The fraction of sp³-hybridized carbons (Fsp3) is 0.625. The first-order valence-corrected chi connectivity index (χ1v) is 4.52. The van der Waals surface area contributed by atoms with Crippen molar-refractivity contribution in [2.45, 2.75) is 32.4 Å². The Morgan fingerprint density at radius 1 is 1.53 bits per heavy atom. The number of rotatable bonds is 5. The zero-order valence-corrected chi connectivity index (χ0v) is 8.78. The van der Waals surface area contributed by atoms with E-state index in [2.05, 4.69) is 15.5 Å². The van der Waals surface area contributed by atoms with E-state index in [9.17, 15) is 4.79 Å². The first kappa shape index (κ1) is 11.4. The molecular formula is C8H15N5O2. The van der Waals surface area contributed by atoms with Gasteiger partial charge in [0.2, 0.25) is 11.8 Å². The van der Waals surface area contributed by atoms with Crippen LogP contribution in [0, 0.1) is 0 Å². The van der Waals surface area contributed by atoms with Crippen LogP contribution in [0.3, 0.4) is 0 Å². The zero-order valence-electron chi connectivity index (χ0n) is 8.78. The summed E-state index contributed by atoms with van der Waals surface area (Å²) in [6.45, 7) is 3.80. The number of nitrogens with zero attached hydrogens (tertiary/aromatic N) is 2. The van der Waals surface area contributed by atoms with E-state index in [0.717, 1.165) is 0 Å². The minimum Gasteiger partial charge on any atom is -0.407 e. The number of nitrogens with one attached hydrogen (secondary N) is 1. The lowest BCUT2D eigenvalue weighted by atomic mass is 10.0. The molecule has 0 aliphatic heterocycles. The Bertz CT molecular complexity index is 347. The molecule has 1 aromatic heterocycles. The number of carbonyl (C=O) groups excluding carboxylic acids is 1. The molecule has 15 heavy (non-hydrogen) atoms. The summed E-state index contributed by atoms with van der Waals surface area (Å²) in [7, 11) is 0. The second-order valence-electron chi connectivity index (χ2n) is 3.86. The maximum atomic E-state index is 10.8. The first-order valence-electron chi connectivity index (χ1n) is 4.52. The predicted molar refractivity (Wildman–Crippen MR) is 53.7 cm³/mol. The predicted octanol–water partition coefficient (Wildman–Crippen LogP) is -0.406. The van der Waals surface area contributed by atoms with E-state index in [0.29, 0.717) is 5.89 Å². The van der Waals surface area contributed by atoms with Crippen molar-refractivity contribution in [2.75, 3.05) is 5.32 Å². The molecule has 1 aromatic rings. The number of primary amides is 1. The van der Waals surface area contributed by atoms with Crippen molar-refractivity contribution < 1.29 is 9.21 Å². The monoisotopic (exact) mass is 213 g/mol. The van der Waals surface area contributed by atoms with Gasteiger partial charge in [0.1, 0.15) is 0 Å². The summed E-state index contributed by atoms with van der Waals surface area (Å²) in [6.07, 6.45) is 0.174. The molecule has 0 bridgehead atoms. The van der Waals surface area contributed by atoms with Gasteiger partial charge in [0.25, 0.3) is 0 Å². The second-order valence-corrected chi connectivity index (χ2v) is 3.86. The Kier molecular flexibility index (Phi) is 3.25. The quantitative estimate of drug-likeness (QED) is 0.611. The molecule has 0 spiro atoms. The van der Waals surface area contributed by atoms with Crippen molar-refractivity contribution in [2.24, 2.45) is 11.5 Å². The Hall–Kier alpha value is -1.63. The summed E-state index contributed by atoms with van der Waals surface area (Å²) in [5.41, 5.74) is 9.88. The average molecular weight is 213 g/mol. The van der Waals surface area contributed by atoms with Crippen LogP contribution in [0.15, 0.2) is 4.42 Å². The normalized spacial score (nSPS) is 11.4. The first-order chi connectivity index (χ1) is 6.93. The van der Waals surface area contributed by atoms with Gasteiger partial charge in [-0.15, -0.1) is 5.10 Å².